The number of nitrogens with zero attached hydrogens (tertiary/aromatic N) is 4. The van der Waals surface area contributed by atoms with Gasteiger partial charge in [-0.3, -0.25) is 0 Å². The van der Waals surface area contributed by atoms with Crippen LogP contribution in [0.2, 0.25) is 0 Å². The van der Waals surface area contributed by atoms with Crippen molar-refractivity contribution >= 4 is 5.95 Å². The smallest absolute Gasteiger partial charge is 0.202 e. The minimum atomic E-state index is 0.890. The van der Waals surface area contributed by atoms with Crippen molar-refractivity contribution in [1.29, 1.82) is 0 Å². The van der Waals surface area contributed by atoms with Crippen LogP contribution in [0.1, 0.15) is 5.82 Å². The average Bonchev–Trinajstić information content (AvgIpc) is 2.83. The molecular formula is C10H15N5. The molecule has 1 N–H and O–H groups in total. The molecule has 0 bridgehead atoms. The molecule has 0 atom stereocenters. The quantitative estimate of drug-likeness (QED) is 0.806. The van der Waals surface area contributed by atoms with E-state index in [1.54, 1.807) is 6.20 Å². The molecule has 5 heteroatoms. The van der Waals surface area contributed by atoms with Crippen molar-refractivity contribution in [3.05, 3.63) is 30.6 Å². The topological polar surface area (TPSA) is 47.7 Å². The van der Waals surface area contributed by atoms with Crippen molar-refractivity contribution in [2.75, 3.05) is 12.4 Å². The second-order valence-electron chi connectivity index (χ2n) is 3.40. The lowest BCUT2D eigenvalue weighted by molar-refractivity contribution is 0.655. The number of anilines is 1. The van der Waals surface area contributed by atoms with Crippen molar-refractivity contribution in [2.24, 2.45) is 7.05 Å². The van der Waals surface area contributed by atoms with Crippen molar-refractivity contribution in [3.8, 4) is 0 Å². The molecule has 2 rings (SSSR count). The summed E-state index contributed by atoms with van der Waals surface area (Å²) in [7, 11) is 3.88. The number of rotatable bonds is 4. The number of nitrogens with one attached hydrogen (secondary N) is 1. The van der Waals surface area contributed by atoms with E-state index in [-0.39, 0.29) is 0 Å². The Balaban J connectivity index is 2.02. The van der Waals surface area contributed by atoms with Crippen LogP contribution in [0.5, 0.6) is 0 Å². The van der Waals surface area contributed by atoms with E-state index in [0.29, 0.717) is 0 Å². The third-order valence-corrected chi connectivity index (χ3v) is 2.44. The Bertz CT molecular complexity index is 428. The van der Waals surface area contributed by atoms with E-state index in [9.17, 15) is 0 Å². The van der Waals surface area contributed by atoms with E-state index in [2.05, 4.69) is 19.9 Å². The van der Waals surface area contributed by atoms with Crippen LogP contribution in [0.15, 0.2) is 24.8 Å². The fourth-order valence-electron chi connectivity index (χ4n) is 1.58. The van der Waals surface area contributed by atoms with Gasteiger partial charge in [0, 0.05) is 51.8 Å². The number of hydrogen-bond donors (Lipinski definition) is 1. The van der Waals surface area contributed by atoms with Gasteiger partial charge in [-0.25, -0.2) is 9.97 Å². The summed E-state index contributed by atoms with van der Waals surface area (Å²) in [5.74, 6) is 1.98. The van der Waals surface area contributed by atoms with E-state index in [1.165, 1.54) is 0 Å². The summed E-state index contributed by atoms with van der Waals surface area (Å²) in [6, 6.07) is 0. The number of aromatic nitrogens is 4. The molecule has 0 aliphatic rings. The Morgan fingerprint density at radius 3 is 2.73 bits per heavy atom. The fourth-order valence-corrected chi connectivity index (χ4v) is 1.58. The molecule has 0 radical (unpaired) electrons. The van der Waals surface area contributed by atoms with Crippen LogP contribution in [-0.4, -0.2) is 26.1 Å². The first-order chi connectivity index (χ1) is 7.31. The molecule has 0 spiro atoms. The van der Waals surface area contributed by atoms with Gasteiger partial charge in [-0.2, -0.15) is 0 Å². The maximum Gasteiger partial charge on any atom is 0.202 e. The molecule has 0 aliphatic heterocycles. The predicted octanol–water partition coefficient (Wildman–Crippen LogP) is 0.901. The SMILES string of the molecule is CNc1nccn1CCc1nccn1C. The van der Waals surface area contributed by atoms with Gasteiger partial charge >= 0.3 is 0 Å². The van der Waals surface area contributed by atoms with E-state index >= 15 is 0 Å². The molecule has 15 heavy (non-hydrogen) atoms. The van der Waals surface area contributed by atoms with Crippen molar-refractivity contribution in [3.63, 3.8) is 0 Å². The van der Waals surface area contributed by atoms with Gasteiger partial charge in [-0.05, 0) is 0 Å². The first kappa shape index (κ1) is 9.76. The molecule has 0 unspecified atom stereocenters. The van der Waals surface area contributed by atoms with E-state index in [0.717, 1.165) is 24.7 Å². The summed E-state index contributed by atoms with van der Waals surface area (Å²) in [4.78, 5) is 8.46. The zero-order valence-corrected chi connectivity index (χ0v) is 9.01. The lowest BCUT2D eigenvalue weighted by Gasteiger charge is -2.06. The largest absolute Gasteiger partial charge is 0.359 e. The first-order valence-electron chi connectivity index (χ1n) is 4.96. The molecule has 0 amide bonds. The molecule has 2 aromatic heterocycles. The monoisotopic (exact) mass is 205 g/mol. The van der Waals surface area contributed by atoms with E-state index in [4.69, 9.17) is 0 Å². The maximum absolute atomic E-state index is 4.28. The van der Waals surface area contributed by atoms with E-state index < -0.39 is 0 Å². The van der Waals surface area contributed by atoms with Crippen LogP contribution in [0.25, 0.3) is 0 Å². The number of aryl methyl sites for hydroxylation is 3. The summed E-state index contributed by atoms with van der Waals surface area (Å²) in [5, 5.41) is 3.04. The molecule has 5 nitrogen and oxygen atoms in total. The molecule has 2 aromatic rings. The highest BCUT2D eigenvalue weighted by atomic mass is 15.2. The van der Waals surface area contributed by atoms with Crippen LogP contribution < -0.4 is 5.32 Å². The summed E-state index contributed by atoms with van der Waals surface area (Å²) < 4.78 is 4.12. The Morgan fingerprint density at radius 1 is 1.27 bits per heavy atom. The minimum absolute atomic E-state index is 0.890. The second kappa shape index (κ2) is 4.16. The van der Waals surface area contributed by atoms with Gasteiger partial charge in [0.25, 0.3) is 0 Å². The standard InChI is InChI=1S/C10H15N5/c1-11-10-13-5-8-15(10)6-3-9-12-4-7-14(9)2/h4-5,7-8H,3,6H2,1-2H3,(H,11,13). The highest BCUT2D eigenvalue weighted by Gasteiger charge is 2.02. The summed E-state index contributed by atoms with van der Waals surface area (Å²) in [5.41, 5.74) is 0. The molecule has 80 valence electrons. The lowest BCUT2D eigenvalue weighted by atomic mass is 10.4. The maximum atomic E-state index is 4.28. The summed E-state index contributed by atoms with van der Waals surface area (Å²) in [6.07, 6.45) is 8.46. The highest BCUT2D eigenvalue weighted by Crippen LogP contribution is 2.05. The van der Waals surface area contributed by atoms with Gasteiger partial charge in [-0.15, -0.1) is 0 Å². The van der Waals surface area contributed by atoms with Gasteiger partial charge in [0.1, 0.15) is 5.82 Å². The molecular weight excluding hydrogens is 190 g/mol. The normalized spacial score (nSPS) is 10.5. The van der Waals surface area contributed by atoms with Crippen LogP contribution >= 0.6 is 0 Å². The Morgan fingerprint density at radius 2 is 2.07 bits per heavy atom. The molecule has 0 fully saturated rings. The Kier molecular flexibility index (Phi) is 2.71. The van der Waals surface area contributed by atoms with Crippen LogP contribution in [-0.2, 0) is 20.0 Å². The Hall–Kier alpha value is -1.78. The van der Waals surface area contributed by atoms with Crippen molar-refractivity contribution in [1.82, 2.24) is 19.1 Å². The Labute approximate surface area is 88.8 Å². The molecule has 0 aromatic carbocycles. The molecule has 0 aliphatic carbocycles. The first-order valence-corrected chi connectivity index (χ1v) is 4.96. The average molecular weight is 205 g/mol. The minimum Gasteiger partial charge on any atom is -0.359 e. The molecule has 2 heterocycles. The zero-order chi connectivity index (χ0) is 10.7. The van der Waals surface area contributed by atoms with E-state index in [1.807, 2.05) is 37.3 Å². The van der Waals surface area contributed by atoms with Gasteiger partial charge < -0.3 is 14.5 Å². The van der Waals surface area contributed by atoms with Crippen molar-refractivity contribution in [2.45, 2.75) is 13.0 Å². The number of hydrogen-bond acceptors (Lipinski definition) is 3. The van der Waals surface area contributed by atoms with Crippen LogP contribution in [0.4, 0.5) is 5.95 Å². The molecule has 0 saturated carbocycles. The third kappa shape index (κ3) is 2.01. The summed E-state index contributed by atoms with van der Waals surface area (Å²) in [6.45, 7) is 0.890. The second-order valence-corrected chi connectivity index (χ2v) is 3.40. The van der Waals surface area contributed by atoms with Crippen LogP contribution in [0.3, 0.4) is 0 Å². The number of imidazole rings is 2. The lowest BCUT2D eigenvalue weighted by Crippen LogP contribution is -2.07. The highest BCUT2D eigenvalue weighted by molar-refractivity contribution is 5.24. The van der Waals surface area contributed by atoms with Crippen LogP contribution in [0, 0.1) is 0 Å². The fraction of sp³-hybridized carbons (Fsp3) is 0.400. The van der Waals surface area contributed by atoms with Gasteiger partial charge in [0.2, 0.25) is 5.95 Å². The molecule has 0 saturated heterocycles. The van der Waals surface area contributed by atoms with Gasteiger partial charge in [0.05, 0.1) is 0 Å². The van der Waals surface area contributed by atoms with Gasteiger partial charge in [-0.1, -0.05) is 0 Å². The predicted molar refractivity (Wildman–Crippen MR) is 58.7 cm³/mol. The van der Waals surface area contributed by atoms with Crippen molar-refractivity contribution < 1.29 is 0 Å². The third-order valence-electron chi connectivity index (χ3n) is 2.44. The summed E-state index contributed by atoms with van der Waals surface area (Å²) >= 11 is 0. The van der Waals surface area contributed by atoms with Gasteiger partial charge in [0.15, 0.2) is 0 Å². The zero-order valence-electron chi connectivity index (χ0n) is 9.01.